The van der Waals surface area contributed by atoms with Gasteiger partial charge >= 0.3 is 0 Å². The second-order valence-corrected chi connectivity index (χ2v) is 9.89. The van der Waals surface area contributed by atoms with Gasteiger partial charge in [0, 0.05) is 25.8 Å². The van der Waals surface area contributed by atoms with Crippen molar-refractivity contribution in [2.45, 2.75) is 58.9 Å². The molecule has 182 valence electrons. The third-order valence-corrected chi connectivity index (χ3v) is 7.31. The molecule has 7 heteroatoms. The Bertz CT molecular complexity index is 1110. The third kappa shape index (κ3) is 4.41. The van der Waals surface area contributed by atoms with E-state index in [4.69, 9.17) is 0 Å². The summed E-state index contributed by atoms with van der Waals surface area (Å²) in [6.45, 7) is 11.1. The van der Waals surface area contributed by atoms with Crippen molar-refractivity contribution in [3.63, 3.8) is 0 Å². The van der Waals surface area contributed by atoms with Crippen LogP contribution in [0.1, 0.15) is 73.1 Å². The van der Waals surface area contributed by atoms with Crippen molar-refractivity contribution in [1.82, 2.24) is 19.6 Å². The molecule has 2 aliphatic heterocycles. The SMILES string of the molecule is Cc1nn(C)c(C)c1/C(O)=C1\C(=O)C(=O)N(CCN2CCCCC2)C1c1ccc(C(C)C)cc1. The predicted octanol–water partition coefficient (Wildman–Crippen LogP) is 4.07. The normalized spacial score (nSPS) is 21.1. The molecule has 1 aromatic carbocycles. The standard InChI is InChI=1S/C27H36N4O3/c1-17(2)20-9-11-21(12-10-20)24-23(25(32)22-18(3)28-29(5)19(22)4)26(33)27(34)31(24)16-15-30-13-7-6-8-14-30/h9-12,17,24,32H,6-8,13-16H2,1-5H3/b25-23+. The van der Waals surface area contributed by atoms with Gasteiger partial charge in [-0.15, -0.1) is 0 Å². The minimum absolute atomic E-state index is 0.139. The molecule has 0 aliphatic carbocycles. The number of carbonyl (C=O) groups is 2. The monoisotopic (exact) mass is 464 g/mol. The van der Waals surface area contributed by atoms with Gasteiger partial charge in [0.1, 0.15) is 5.76 Å². The molecule has 0 bridgehead atoms. The van der Waals surface area contributed by atoms with E-state index >= 15 is 0 Å². The highest BCUT2D eigenvalue weighted by Gasteiger charge is 2.46. The molecule has 2 aliphatic rings. The first-order valence-corrected chi connectivity index (χ1v) is 12.3. The highest BCUT2D eigenvalue weighted by Crippen LogP contribution is 2.40. The highest BCUT2D eigenvalue weighted by atomic mass is 16.3. The molecule has 7 nitrogen and oxygen atoms in total. The Balaban J connectivity index is 1.78. The van der Waals surface area contributed by atoms with Crippen LogP contribution in [-0.4, -0.2) is 62.6 Å². The average Bonchev–Trinajstić information content (AvgIpc) is 3.23. The molecule has 1 N–H and O–H groups in total. The Hall–Kier alpha value is -2.93. The molecule has 0 radical (unpaired) electrons. The van der Waals surface area contributed by atoms with Crippen LogP contribution in [0.15, 0.2) is 29.8 Å². The molecule has 2 aromatic rings. The van der Waals surface area contributed by atoms with Crippen LogP contribution >= 0.6 is 0 Å². The second-order valence-electron chi connectivity index (χ2n) is 9.89. The maximum Gasteiger partial charge on any atom is 0.295 e. The summed E-state index contributed by atoms with van der Waals surface area (Å²) >= 11 is 0. The van der Waals surface area contributed by atoms with Gasteiger partial charge in [-0.2, -0.15) is 5.10 Å². The van der Waals surface area contributed by atoms with Gasteiger partial charge in [0.15, 0.2) is 0 Å². The van der Waals surface area contributed by atoms with E-state index in [-0.39, 0.29) is 11.3 Å². The Kier molecular flexibility index (Phi) is 6.94. The molecule has 3 heterocycles. The fraction of sp³-hybridized carbons (Fsp3) is 0.519. The van der Waals surface area contributed by atoms with Crippen LogP contribution in [0.2, 0.25) is 0 Å². The Morgan fingerprint density at radius 2 is 1.71 bits per heavy atom. The number of aromatic nitrogens is 2. The van der Waals surface area contributed by atoms with E-state index < -0.39 is 17.7 Å². The number of piperidine rings is 1. The number of amides is 1. The first kappa shape index (κ1) is 24.2. The number of ketones is 1. The van der Waals surface area contributed by atoms with Crippen molar-refractivity contribution in [3.05, 3.63) is 57.9 Å². The quantitative estimate of drug-likeness (QED) is 0.396. The van der Waals surface area contributed by atoms with E-state index in [9.17, 15) is 14.7 Å². The van der Waals surface area contributed by atoms with E-state index in [0.717, 1.165) is 30.9 Å². The number of benzene rings is 1. The predicted molar refractivity (Wildman–Crippen MR) is 133 cm³/mol. The van der Waals surface area contributed by atoms with Crippen LogP contribution in [-0.2, 0) is 16.6 Å². The summed E-state index contributed by atoms with van der Waals surface area (Å²) in [6, 6.07) is 7.44. The number of rotatable bonds is 6. The van der Waals surface area contributed by atoms with E-state index in [1.165, 1.54) is 24.8 Å². The number of nitrogens with zero attached hydrogens (tertiary/aromatic N) is 4. The summed E-state index contributed by atoms with van der Waals surface area (Å²) in [5.41, 5.74) is 4.09. The summed E-state index contributed by atoms with van der Waals surface area (Å²) < 4.78 is 1.68. The molecule has 1 unspecified atom stereocenters. The van der Waals surface area contributed by atoms with Gasteiger partial charge in [-0.1, -0.05) is 44.5 Å². The van der Waals surface area contributed by atoms with Gasteiger partial charge in [0.25, 0.3) is 11.7 Å². The van der Waals surface area contributed by atoms with Crippen LogP contribution in [0.25, 0.3) is 5.76 Å². The van der Waals surface area contributed by atoms with Crippen LogP contribution in [0.3, 0.4) is 0 Å². The molecular formula is C27H36N4O3. The van der Waals surface area contributed by atoms with E-state index in [2.05, 4.69) is 23.8 Å². The fourth-order valence-corrected chi connectivity index (χ4v) is 5.20. The zero-order valence-electron chi connectivity index (χ0n) is 21.0. The Labute approximate surface area is 202 Å². The van der Waals surface area contributed by atoms with Crippen molar-refractivity contribution in [3.8, 4) is 0 Å². The molecular weight excluding hydrogens is 428 g/mol. The van der Waals surface area contributed by atoms with Gasteiger partial charge in [-0.3, -0.25) is 14.3 Å². The number of aliphatic hydroxyl groups is 1. The largest absolute Gasteiger partial charge is 0.507 e. The van der Waals surface area contributed by atoms with Crippen molar-refractivity contribution >= 4 is 17.4 Å². The van der Waals surface area contributed by atoms with Gasteiger partial charge in [-0.25, -0.2) is 0 Å². The first-order valence-electron chi connectivity index (χ1n) is 12.3. The number of Topliss-reactive ketones (excluding diaryl/α,β-unsaturated/α-hetero) is 1. The lowest BCUT2D eigenvalue weighted by atomic mass is 9.93. The lowest BCUT2D eigenvalue weighted by Crippen LogP contribution is -2.40. The molecule has 4 rings (SSSR count). The van der Waals surface area contributed by atoms with Crippen molar-refractivity contribution in [2.24, 2.45) is 7.05 Å². The molecule has 34 heavy (non-hydrogen) atoms. The van der Waals surface area contributed by atoms with E-state index in [0.29, 0.717) is 23.7 Å². The maximum absolute atomic E-state index is 13.3. The summed E-state index contributed by atoms with van der Waals surface area (Å²) in [5.74, 6) is -0.938. The zero-order valence-corrected chi connectivity index (χ0v) is 21.0. The van der Waals surface area contributed by atoms with Crippen LogP contribution in [0, 0.1) is 13.8 Å². The first-order chi connectivity index (χ1) is 16.2. The lowest BCUT2D eigenvalue weighted by molar-refractivity contribution is -0.140. The summed E-state index contributed by atoms with van der Waals surface area (Å²) in [7, 11) is 1.80. The number of hydrogen-bond donors (Lipinski definition) is 1. The van der Waals surface area contributed by atoms with Crippen LogP contribution in [0.4, 0.5) is 0 Å². The Morgan fingerprint density at radius 1 is 1.06 bits per heavy atom. The zero-order chi connectivity index (χ0) is 24.6. The minimum atomic E-state index is -0.628. The average molecular weight is 465 g/mol. The molecule has 1 atom stereocenters. The van der Waals surface area contributed by atoms with Crippen molar-refractivity contribution in [2.75, 3.05) is 26.2 Å². The molecule has 2 saturated heterocycles. The summed E-state index contributed by atoms with van der Waals surface area (Å²) in [5, 5.41) is 15.8. The van der Waals surface area contributed by atoms with Gasteiger partial charge < -0.3 is 14.9 Å². The Morgan fingerprint density at radius 3 is 2.26 bits per heavy atom. The smallest absolute Gasteiger partial charge is 0.295 e. The molecule has 1 aromatic heterocycles. The van der Waals surface area contributed by atoms with Crippen molar-refractivity contribution < 1.29 is 14.7 Å². The topological polar surface area (TPSA) is 78.7 Å². The lowest BCUT2D eigenvalue weighted by Gasteiger charge is -2.31. The van der Waals surface area contributed by atoms with Crippen LogP contribution < -0.4 is 0 Å². The number of aliphatic hydroxyl groups excluding tert-OH is 1. The molecule has 1 amide bonds. The van der Waals surface area contributed by atoms with Crippen LogP contribution in [0.5, 0.6) is 0 Å². The molecule has 0 spiro atoms. The number of carbonyl (C=O) groups excluding carboxylic acids is 2. The highest BCUT2D eigenvalue weighted by molar-refractivity contribution is 6.46. The molecule has 2 fully saturated rings. The number of aryl methyl sites for hydroxylation is 2. The number of likely N-dealkylation sites (tertiary alicyclic amines) is 2. The summed E-state index contributed by atoms with van der Waals surface area (Å²) in [4.78, 5) is 30.6. The summed E-state index contributed by atoms with van der Waals surface area (Å²) in [6.07, 6.45) is 3.57. The second kappa shape index (κ2) is 9.74. The molecule has 0 saturated carbocycles. The van der Waals surface area contributed by atoms with Gasteiger partial charge in [0.2, 0.25) is 0 Å². The van der Waals surface area contributed by atoms with E-state index in [1.807, 2.05) is 31.2 Å². The van der Waals surface area contributed by atoms with Gasteiger partial charge in [-0.05, 0) is 56.8 Å². The van der Waals surface area contributed by atoms with E-state index in [1.54, 1.807) is 23.6 Å². The third-order valence-electron chi connectivity index (χ3n) is 7.31. The maximum atomic E-state index is 13.3. The van der Waals surface area contributed by atoms with Crippen molar-refractivity contribution in [1.29, 1.82) is 0 Å². The minimum Gasteiger partial charge on any atom is -0.507 e. The number of hydrogen-bond acceptors (Lipinski definition) is 5. The fourth-order valence-electron chi connectivity index (χ4n) is 5.20. The van der Waals surface area contributed by atoms with Gasteiger partial charge in [0.05, 0.1) is 22.9 Å².